The monoisotopic (exact) mass is 328 g/mol. The van der Waals surface area contributed by atoms with Gasteiger partial charge in [0.2, 0.25) is 0 Å². The first-order chi connectivity index (χ1) is 9.72. The van der Waals surface area contributed by atoms with Crippen LogP contribution in [0.25, 0.3) is 10.9 Å². The van der Waals surface area contributed by atoms with Crippen molar-refractivity contribution in [3.63, 3.8) is 0 Å². The molecule has 2 aromatic rings. The minimum absolute atomic E-state index is 0. The first-order valence-corrected chi connectivity index (χ1v) is 7.25. The highest BCUT2D eigenvalue weighted by atomic mass is 35.5. The number of esters is 1. The predicted molar refractivity (Wildman–Crippen MR) is 86.2 cm³/mol. The fraction of sp³-hybridized carbons (Fsp3) is 0.400. The Kier molecular flexibility index (Phi) is 5.14. The van der Waals surface area contributed by atoms with Crippen molar-refractivity contribution in [2.45, 2.75) is 26.4 Å². The lowest BCUT2D eigenvalue weighted by Gasteiger charge is -2.16. The van der Waals surface area contributed by atoms with Gasteiger partial charge < -0.3 is 14.6 Å². The number of hydrogen-bond acceptors (Lipinski definition) is 3. The molecule has 1 aliphatic heterocycles. The number of fused-ring (bicyclic) bond motifs is 3. The van der Waals surface area contributed by atoms with Crippen LogP contribution in [-0.2, 0) is 29.0 Å². The van der Waals surface area contributed by atoms with E-state index in [-0.39, 0.29) is 24.9 Å². The second-order valence-electron chi connectivity index (χ2n) is 4.88. The van der Waals surface area contributed by atoms with Crippen molar-refractivity contribution in [3.8, 4) is 0 Å². The minimum Gasteiger partial charge on any atom is -0.465 e. The maximum atomic E-state index is 11.8. The number of carbonyl (C=O) groups excluding carboxylic acids is 1. The molecule has 1 aromatic heterocycles. The van der Waals surface area contributed by atoms with Crippen LogP contribution >= 0.6 is 24.0 Å². The Bertz CT molecular complexity index is 667. The molecular formula is C15H18Cl2N2O2. The number of halogens is 2. The van der Waals surface area contributed by atoms with Crippen LogP contribution in [0.5, 0.6) is 0 Å². The van der Waals surface area contributed by atoms with Crippen molar-refractivity contribution in [2.75, 3.05) is 13.2 Å². The van der Waals surface area contributed by atoms with E-state index in [0.717, 1.165) is 30.4 Å². The summed E-state index contributed by atoms with van der Waals surface area (Å²) in [7, 11) is 0. The molecule has 3 rings (SSSR count). The van der Waals surface area contributed by atoms with Crippen LogP contribution in [0.15, 0.2) is 18.2 Å². The molecule has 0 unspecified atom stereocenters. The smallest absolute Gasteiger partial charge is 0.325 e. The van der Waals surface area contributed by atoms with Crippen LogP contribution in [0, 0.1) is 0 Å². The molecule has 1 aliphatic rings. The third-order valence-corrected chi connectivity index (χ3v) is 3.99. The fourth-order valence-electron chi connectivity index (χ4n) is 2.90. The third-order valence-electron chi connectivity index (χ3n) is 3.69. The van der Waals surface area contributed by atoms with Gasteiger partial charge in [0.15, 0.2) is 0 Å². The molecule has 0 saturated carbocycles. The number of aromatic nitrogens is 1. The number of rotatable bonds is 3. The summed E-state index contributed by atoms with van der Waals surface area (Å²) in [6.45, 7) is 4.18. The van der Waals surface area contributed by atoms with Gasteiger partial charge in [-0.15, -0.1) is 12.4 Å². The highest BCUT2D eigenvalue weighted by molar-refractivity contribution is 6.35. The standard InChI is InChI=1S/C15H17ClN2O2.ClH/c1-2-20-14(19)9-18-13-6-7-17-8-11(13)10-4-3-5-12(16)15(10)18;/h3-5,17H,2,6-9H2,1H3;1H. The Labute approximate surface area is 134 Å². The largest absolute Gasteiger partial charge is 0.465 e. The quantitative estimate of drug-likeness (QED) is 0.881. The van der Waals surface area contributed by atoms with Crippen molar-refractivity contribution >= 4 is 40.9 Å². The molecular weight excluding hydrogens is 311 g/mol. The predicted octanol–water partition coefficient (Wildman–Crippen LogP) is 2.93. The number of ether oxygens (including phenoxy) is 1. The van der Waals surface area contributed by atoms with E-state index in [1.54, 1.807) is 0 Å². The molecule has 0 saturated heterocycles. The van der Waals surface area contributed by atoms with Gasteiger partial charge in [0.1, 0.15) is 6.54 Å². The second-order valence-corrected chi connectivity index (χ2v) is 5.29. The summed E-state index contributed by atoms with van der Waals surface area (Å²) in [5, 5.41) is 5.18. The summed E-state index contributed by atoms with van der Waals surface area (Å²) in [5.41, 5.74) is 3.38. The zero-order valence-corrected chi connectivity index (χ0v) is 13.4. The average molecular weight is 329 g/mol. The van der Waals surface area contributed by atoms with Gasteiger partial charge in [-0.2, -0.15) is 0 Å². The zero-order valence-electron chi connectivity index (χ0n) is 11.8. The highest BCUT2D eigenvalue weighted by Crippen LogP contribution is 2.33. The summed E-state index contributed by atoms with van der Waals surface area (Å²) in [6.07, 6.45) is 0.903. The molecule has 1 aromatic carbocycles. The molecule has 4 nitrogen and oxygen atoms in total. The van der Waals surface area contributed by atoms with Crippen LogP contribution < -0.4 is 5.32 Å². The van der Waals surface area contributed by atoms with E-state index in [0.29, 0.717) is 11.6 Å². The van der Waals surface area contributed by atoms with E-state index in [4.69, 9.17) is 16.3 Å². The molecule has 21 heavy (non-hydrogen) atoms. The van der Waals surface area contributed by atoms with Gasteiger partial charge in [-0.1, -0.05) is 23.7 Å². The lowest BCUT2D eigenvalue weighted by Crippen LogP contribution is -2.25. The lowest BCUT2D eigenvalue weighted by molar-refractivity contribution is -0.143. The van der Waals surface area contributed by atoms with Crippen molar-refractivity contribution in [3.05, 3.63) is 34.5 Å². The molecule has 0 fully saturated rings. The summed E-state index contributed by atoms with van der Waals surface area (Å²) in [5.74, 6) is -0.217. The normalized spacial score (nSPS) is 13.6. The SMILES string of the molecule is CCOC(=O)Cn1c2c(c3cccc(Cl)c31)CNCC2.Cl. The van der Waals surface area contributed by atoms with Crippen molar-refractivity contribution in [1.82, 2.24) is 9.88 Å². The van der Waals surface area contributed by atoms with Crippen LogP contribution in [0.4, 0.5) is 0 Å². The van der Waals surface area contributed by atoms with E-state index >= 15 is 0 Å². The number of hydrogen-bond donors (Lipinski definition) is 1. The maximum Gasteiger partial charge on any atom is 0.325 e. The Morgan fingerprint density at radius 1 is 1.48 bits per heavy atom. The summed E-state index contributed by atoms with van der Waals surface area (Å²) in [6, 6.07) is 5.88. The van der Waals surface area contributed by atoms with Gasteiger partial charge in [0.05, 0.1) is 17.1 Å². The molecule has 0 bridgehead atoms. The highest BCUT2D eigenvalue weighted by Gasteiger charge is 2.22. The summed E-state index contributed by atoms with van der Waals surface area (Å²) >= 11 is 6.35. The fourth-order valence-corrected chi connectivity index (χ4v) is 3.18. The van der Waals surface area contributed by atoms with Crippen LogP contribution in [0.3, 0.4) is 0 Å². The number of para-hydroxylation sites is 1. The van der Waals surface area contributed by atoms with Crippen molar-refractivity contribution in [1.29, 1.82) is 0 Å². The van der Waals surface area contributed by atoms with Crippen molar-refractivity contribution < 1.29 is 9.53 Å². The summed E-state index contributed by atoms with van der Waals surface area (Å²) < 4.78 is 7.10. The lowest BCUT2D eigenvalue weighted by atomic mass is 10.1. The second kappa shape index (κ2) is 6.69. The van der Waals surface area contributed by atoms with Crippen LogP contribution in [0.1, 0.15) is 18.2 Å². The van der Waals surface area contributed by atoms with E-state index in [1.807, 2.05) is 23.6 Å². The van der Waals surface area contributed by atoms with Crippen LogP contribution in [-0.4, -0.2) is 23.7 Å². The molecule has 0 amide bonds. The first-order valence-electron chi connectivity index (χ1n) is 6.87. The van der Waals surface area contributed by atoms with E-state index in [1.165, 1.54) is 11.3 Å². The molecule has 2 heterocycles. The Morgan fingerprint density at radius 3 is 3.05 bits per heavy atom. The minimum atomic E-state index is -0.217. The Balaban J connectivity index is 0.00000161. The molecule has 0 spiro atoms. The Morgan fingerprint density at radius 2 is 2.29 bits per heavy atom. The number of nitrogens with zero attached hydrogens (tertiary/aromatic N) is 1. The van der Waals surface area contributed by atoms with E-state index < -0.39 is 0 Å². The molecule has 1 N–H and O–H groups in total. The molecule has 0 radical (unpaired) electrons. The molecule has 114 valence electrons. The molecule has 0 aliphatic carbocycles. The van der Waals surface area contributed by atoms with Gasteiger partial charge in [0, 0.05) is 30.6 Å². The number of nitrogens with one attached hydrogen (secondary N) is 1. The molecule has 0 atom stereocenters. The van der Waals surface area contributed by atoms with Gasteiger partial charge in [-0.05, 0) is 18.6 Å². The average Bonchev–Trinajstić information content (AvgIpc) is 2.76. The van der Waals surface area contributed by atoms with Gasteiger partial charge in [-0.3, -0.25) is 4.79 Å². The zero-order chi connectivity index (χ0) is 14.1. The summed E-state index contributed by atoms with van der Waals surface area (Å²) in [4.78, 5) is 11.8. The van der Waals surface area contributed by atoms with E-state index in [2.05, 4.69) is 11.4 Å². The van der Waals surface area contributed by atoms with E-state index in [9.17, 15) is 4.79 Å². The van der Waals surface area contributed by atoms with Crippen molar-refractivity contribution in [2.24, 2.45) is 0 Å². The van der Waals surface area contributed by atoms with Crippen LogP contribution in [0.2, 0.25) is 5.02 Å². The van der Waals surface area contributed by atoms with Gasteiger partial charge in [0.25, 0.3) is 0 Å². The third kappa shape index (κ3) is 2.89. The Hall–Kier alpha value is -1.23. The maximum absolute atomic E-state index is 11.8. The first kappa shape index (κ1) is 16.1. The number of carbonyl (C=O) groups is 1. The van der Waals surface area contributed by atoms with Gasteiger partial charge in [-0.25, -0.2) is 0 Å². The topological polar surface area (TPSA) is 43.3 Å². The van der Waals surface area contributed by atoms with Gasteiger partial charge >= 0.3 is 5.97 Å². The molecule has 6 heteroatoms. The number of benzene rings is 1.